The number of rotatable bonds is 4. The summed E-state index contributed by atoms with van der Waals surface area (Å²) in [5.74, 6) is 0. The van der Waals surface area contributed by atoms with Gasteiger partial charge in [-0.3, -0.25) is 4.90 Å². The van der Waals surface area contributed by atoms with E-state index in [1.165, 1.54) is 49.5 Å². The zero-order valence-corrected chi connectivity index (χ0v) is 19.4. The number of carbonyl (C=O) groups excluding carboxylic acids is 1. The zero-order valence-electron chi connectivity index (χ0n) is 18.5. The van der Waals surface area contributed by atoms with E-state index in [0.29, 0.717) is 0 Å². The van der Waals surface area contributed by atoms with Crippen molar-refractivity contribution in [1.82, 2.24) is 4.90 Å². The van der Waals surface area contributed by atoms with E-state index < -0.39 is 28.2 Å². The molecule has 0 saturated heterocycles. The Morgan fingerprint density at radius 1 is 1.06 bits per heavy atom. The average Bonchev–Trinajstić information content (AvgIpc) is 3.35. The van der Waals surface area contributed by atoms with Crippen molar-refractivity contribution in [1.29, 1.82) is 0 Å². The molecule has 0 spiro atoms. The molecule has 0 aliphatic heterocycles. The fraction of sp³-hybridized carbons (Fsp3) is 0.435. The predicted molar refractivity (Wildman–Crippen MR) is 121 cm³/mol. The number of halogens is 3. The number of amides is 2. The van der Waals surface area contributed by atoms with Gasteiger partial charge in [-0.15, -0.1) is 4.36 Å². The van der Waals surface area contributed by atoms with Gasteiger partial charge < -0.3 is 5.32 Å². The molecule has 33 heavy (non-hydrogen) atoms. The molecule has 0 unspecified atom stereocenters. The summed E-state index contributed by atoms with van der Waals surface area (Å²) in [6, 6.07) is 4.48. The zero-order chi connectivity index (χ0) is 24.0. The summed E-state index contributed by atoms with van der Waals surface area (Å²) in [6.45, 7) is 0. The minimum absolute atomic E-state index is 0.00963. The van der Waals surface area contributed by atoms with Crippen molar-refractivity contribution in [2.24, 2.45) is 9.50 Å². The maximum atomic E-state index is 13.4. The van der Waals surface area contributed by atoms with Crippen molar-refractivity contribution in [3.05, 3.63) is 58.1 Å². The topological polar surface area (TPSA) is 87.8 Å². The Bertz CT molecular complexity index is 1170. The van der Waals surface area contributed by atoms with Gasteiger partial charge in [0.1, 0.15) is 16.0 Å². The van der Waals surface area contributed by atoms with E-state index in [1.54, 1.807) is 0 Å². The van der Waals surface area contributed by atoms with Gasteiger partial charge in [0.25, 0.3) is 0 Å². The van der Waals surface area contributed by atoms with Crippen LogP contribution in [0.15, 0.2) is 39.6 Å². The highest BCUT2D eigenvalue weighted by Crippen LogP contribution is 2.39. The highest BCUT2D eigenvalue weighted by molar-refractivity contribution is 7.91. The van der Waals surface area contributed by atoms with Crippen LogP contribution in [0.25, 0.3) is 0 Å². The quantitative estimate of drug-likeness (QED) is 0.661. The molecule has 2 aromatic carbocycles. The molecule has 6 nitrogen and oxygen atoms in total. The standard InChI is InChI=1S/C23H27F3N4O2S/c1-30(2)21(23(24,25)26)14-9-11-17(12-10-14)33(27,32)29-22(31)28-20-18-7-3-5-15(18)13-16-6-4-8-19(16)20/h9-13,21H,3-8H2,1-2H3,(H3,27,28,29,31,32)/t21-,33+/m0/s1. The Balaban J connectivity index is 1.60. The molecule has 2 aromatic rings. The molecule has 2 amide bonds. The molecule has 0 saturated carbocycles. The molecule has 10 heteroatoms. The minimum atomic E-state index is -4.48. The number of nitrogens with one attached hydrogen (secondary N) is 1. The van der Waals surface area contributed by atoms with E-state index >= 15 is 0 Å². The lowest BCUT2D eigenvalue weighted by Crippen LogP contribution is -2.33. The Morgan fingerprint density at radius 3 is 2.09 bits per heavy atom. The first kappa shape index (κ1) is 23.7. The first-order chi connectivity index (χ1) is 15.5. The van der Waals surface area contributed by atoms with Crippen LogP contribution in [-0.2, 0) is 35.6 Å². The van der Waals surface area contributed by atoms with Gasteiger partial charge in [0.15, 0.2) is 0 Å². The number of hydrogen-bond acceptors (Lipinski definition) is 3. The van der Waals surface area contributed by atoms with Crippen LogP contribution < -0.4 is 10.5 Å². The molecular weight excluding hydrogens is 453 g/mol. The highest BCUT2D eigenvalue weighted by Gasteiger charge is 2.42. The summed E-state index contributed by atoms with van der Waals surface area (Å²) < 4.78 is 56.8. The minimum Gasteiger partial charge on any atom is -0.305 e. The van der Waals surface area contributed by atoms with Gasteiger partial charge in [-0.1, -0.05) is 18.2 Å². The van der Waals surface area contributed by atoms with Crippen LogP contribution in [0.3, 0.4) is 0 Å². The van der Waals surface area contributed by atoms with Gasteiger partial charge in [0.05, 0.1) is 4.90 Å². The maximum absolute atomic E-state index is 13.4. The van der Waals surface area contributed by atoms with E-state index in [0.717, 1.165) is 60.2 Å². The SMILES string of the molecule is CN(C)[C@@H](c1ccc([S@](N)(=O)=NC(=O)Nc2c3c(cc4c2CCC4)CCC3)cc1)C(F)(F)F. The van der Waals surface area contributed by atoms with Gasteiger partial charge in [0, 0.05) is 5.69 Å². The Kier molecular flexibility index (Phi) is 6.28. The van der Waals surface area contributed by atoms with Crippen molar-refractivity contribution < 1.29 is 22.2 Å². The van der Waals surface area contributed by atoms with Crippen LogP contribution in [0, 0.1) is 0 Å². The van der Waals surface area contributed by atoms with E-state index in [-0.39, 0.29) is 10.5 Å². The number of urea groups is 1. The maximum Gasteiger partial charge on any atom is 0.408 e. The van der Waals surface area contributed by atoms with Gasteiger partial charge in [-0.05, 0) is 92.6 Å². The molecule has 0 radical (unpaired) electrons. The van der Waals surface area contributed by atoms with E-state index in [2.05, 4.69) is 15.7 Å². The number of anilines is 1. The second kappa shape index (κ2) is 8.73. The van der Waals surface area contributed by atoms with Gasteiger partial charge in [-0.2, -0.15) is 13.2 Å². The first-order valence-electron chi connectivity index (χ1n) is 10.8. The molecular formula is C23H27F3N4O2S. The lowest BCUT2D eigenvalue weighted by atomic mass is 9.99. The third-order valence-electron chi connectivity index (χ3n) is 6.28. The molecule has 178 valence electrons. The van der Waals surface area contributed by atoms with Crippen LogP contribution >= 0.6 is 0 Å². The van der Waals surface area contributed by atoms with Crippen molar-refractivity contribution in [2.45, 2.75) is 55.6 Å². The van der Waals surface area contributed by atoms with Crippen LogP contribution in [-0.4, -0.2) is 35.4 Å². The molecule has 2 aliphatic carbocycles. The number of benzene rings is 2. The summed E-state index contributed by atoms with van der Waals surface area (Å²) in [4.78, 5) is 13.7. The number of hydrogen-bond donors (Lipinski definition) is 2. The number of alkyl halides is 3. The number of aryl methyl sites for hydroxylation is 2. The largest absolute Gasteiger partial charge is 0.408 e. The normalized spacial score (nSPS) is 17.9. The number of nitrogens with zero attached hydrogens (tertiary/aromatic N) is 2. The van der Waals surface area contributed by atoms with Gasteiger partial charge >= 0.3 is 12.2 Å². The molecule has 4 rings (SSSR count). The molecule has 0 heterocycles. The Hall–Kier alpha value is -2.43. The van der Waals surface area contributed by atoms with Gasteiger partial charge in [-0.25, -0.2) is 14.1 Å². The molecule has 0 fully saturated rings. The highest BCUT2D eigenvalue weighted by atomic mass is 32.2. The van der Waals surface area contributed by atoms with Crippen LogP contribution in [0.5, 0.6) is 0 Å². The smallest absolute Gasteiger partial charge is 0.305 e. The Morgan fingerprint density at radius 2 is 1.61 bits per heavy atom. The summed E-state index contributed by atoms with van der Waals surface area (Å²) in [5, 5.41) is 8.67. The summed E-state index contributed by atoms with van der Waals surface area (Å²) in [5.41, 5.74) is 5.41. The fourth-order valence-corrected chi connectivity index (χ4v) is 5.82. The lowest BCUT2D eigenvalue weighted by Gasteiger charge is -2.27. The van der Waals surface area contributed by atoms with E-state index in [9.17, 15) is 22.2 Å². The second-order valence-electron chi connectivity index (χ2n) is 8.80. The first-order valence-corrected chi connectivity index (χ1v) is 12.4. The van der Waals surface area contributed by atoms with Crippen molar-refractivity contribution in [3.8, 4) is 0 Å². The average molecular weight is 481 g/mol. The molecule has 0 aromatic heterocycles. The van der Waals surface area contributed by atoms with Crippen molar-refractivity contribution >= 4 is 21.6 Å². The Labute approximate surface area is 191 Å². The van der Waals surface area contributed by atoms with Crippen LogP contribution in [0.2, 0.25) is 0 Å². The fourth-order valence-electron chi connectivity index (χ4n) is 4.90. The monoisotopic (exact) mass is 480 g/mol. The van der Waals surface area contributed by atoms with E-state index in [4.69, 9.17) is 5.14 Å². The summed E-state index contributed by atoms with van der Waals surface area (Å²) in [7, 11) is -0.981. The molecule has 2 aliphatic rings. The molecule has 0 bridgehead atoms. The summed E-state index contributed by atoms with van der Waals surface area (Å²) >= 11 is 0. The third-order valence-corrected chi connectivity index (χ3v) is 7.67. The van der Waals surface area contributed by atoms with Crippen LogP contribution in [0.4, 0.5) is 23.7 Å². The lowest BCUT2D eigenvalue weighted by molar-refractivity contribution is -0.179. The second-order valence-corrected chi connectivity index (χ2v) is 10.6. The number of nitrogens with two attached hydrogens (primary N) is 1. The summed E-state index contributed by atoms with van der Waals surface area (Å²) in [6.07, 6.45) is 1.22. The molecule has 3 N–H and O–H groups in total. The van der Waals surface area contributed by atoms with Crippen molar-refractivity contribution in [3.63, 3.8) is 0 Å². The number of carbonyl (C=O) groups is 1. The molecule has 2 atom stereocenters. The third kappa shape index (κ3) is 4.78. The van der Waals surface area contributed by atoms with E-state index in [1.807, 2.05) is 0 Å². The predicted octanol–water partition coefficient (Wildman–Crippen LogP) is 4.76. The van der Waals surface area contributed by atoms with Crippen molar-refractivity contribution in [2.75, 3.05) is 19.4 Å². The number of fused-ring (bicyclic) bond motifs is 2. The van der Waals surface area contributed by atoms with Gasteiger partial charge in [0.2, 0.25) is 0 Å². The van der Waals surface area contributed by atoms with Crippen LogP contribution in [0.1, 0.15) is 46.7 Å².